The molecule has 158 valence electrons. The third kappa shape index (κ3) is 5.09. The van der Waals surface area contributed by atoms with Crippen LogP contribution < -0.4 is 10.1 Å². The molecule has 30 heavy (non-hydrogen) atoms. The molecule has 0 saturated carbocycles. The second kappa shape index (κ2) is 9.61. The summed E-state index contributed by atoms with van der Waals surface area (Å²) in [6, 6.07) is 11.4. The fourth-order valence-corrected chi connectivity index (χ4v) is 4.00. The fraction of sp³-hybridized carbons (Fsp3) is 0.435. The number of pyridine rings is 1. The Kier molecular flexibility index (Phi) is 6.47. The smallest absolute Gasteiger partial charge is 0.319 e. The Hall–Kier alpha value is -3.09. The zero-order valence-corrected chi connectivity index (χ0v) is 17.1. The van der Waals surface area contributed by atoms with Gasteiger partial charge in [0.2, 0.25) is 5.91 Å². The minimum atomic E-state index is -0.0763. The van der Waals surface area contributed by atoms with E-state index in [1.54, 1.807) is 12.4 Å². The highest BCUT2D eigenvalue weighted by Crippen LogP contribution is 2.23. The van der Waals surface area contributed by atoms with Crippen LogP contribution in [0.1, 0.15) is 31.2 Å². The predicted octanol–water partition coefficient (Wildman–Crippen LogP) is 3.53. The highest BCUT2D eigenvalue weighted by atomic mass is 16.5. The van der Waals surface area contributed by atoms with Gasteiger partial charge in [0.05, 0.1) is 0 Å². The molecule has 3 heterocycles. The Bertz CT molecular complexity index is 860. The van der Waals surface area contributed by atoms with E-state index in [4.69, 9.17) is 4.74 Å². The van der Waals surface area contributed by atoms with Crippen LogP contribution in [0.5, 0.6) is 5.75 Å². The average molecular weight is 409 g/mol. The molecule has 0 radical (unpaired) electrons. The number of anilines is 1. The van der Waals surface area contributed by atoms with Gasteiger partial charge in [0.25, 0.3) is 0 Å². The quantitative estimate of drug-likeness (QED) is 0.821. The standard InChI is InChI=1S/C23H28N4O3/c28-22(19-8-13-27(14-9-19)23(29)26-11-1-2-12-26)25-20-6-3-7-21(15-20)30-17-18-5-4-10-24-16-18/h3-7,10,15-16,19H,1-2,8-9,11-14,17H2,(H,25,28). The number of nitrogens with one attached hydrogen (secondary N) is 1. The van der Waals surface area contributed by atoms with Crippen molar-refractivity contribution in [1.82, 2.24) is 14.8 Å². The number of likely N-dealkylation sites (tertiary alicyclic amines) is 2. The van der Waals surface area contributed by atoms with E-state index in [1.165, 1.54) is 0 Å². The molecule has 2 aliphatic rings. The van der Waals surface area contributed by atoms with Gasteiger partial charge in [-0.05, 0) is 43.9 Å². The number of hydrogen-bond acceptors (Lipinski definition) is 4. The molecule has 1 aromatic carbocycles. The van der Waals surface area contributed by atoms with Gasteiger partial charge in [-0.1, -0.05) is 12.1 Å². The first-order valence-corrected chi connectivity index (χ1v) is 10.7. The molecule has 7 heteroatoms. The first-order chi connectivity index (χ1) is 14.7. The van der Waals surface area contributed by atoms with Crippen LogP contribution in [-0.4, -0.2) is 52.9 Å². The van der Waals surface area contributed by atoms with E-state index in [1.807, 2.05) is 46.2 Å². The summed E-state index contributed by atoms with van der Waals surface area (Å²) in [5.74, 6) is 0.628. The molecule has 3 amide bonds. The van der Waals surface area contributed by atoms with Crippen molar-refractivity contribution in [2.45, 2.75) is 32.3 Å². The third-order valence-corrected chi connectivity index (χ3v) is 5.74. The minimum absolute atomic E-state index is 0.00711. The Morgan fingerprint density at radius 1 is 1.03 bits per heavy atom. The number of hydrogen-bond donors (Lipinski definition) is 1. The summed E-state index contributed by atoms with van der Waals surface area (Å²) < 4.78 is 5.81. The van der Waals surface area contributed by atoms with Crippen molar-refractivity contribution in [3.05, 3.63) is 54.4 Å². The van der Waals surface area contributed by atoms with Crippen LogP contribution in [0.25, 0.3) is 0 Å². The molecule has 2 aliphatic heterocycles. The minimum Gasteiger partial charge on any atom is -0.489 e. The Morgan fingerprint density at radius 3 is 2.53 bits per heavy atom. The lowest BCUT2D eigenvalue weighted by Crippen LogP contribution is -2.47. The maximum atomic E-state index is 12.7. The van der Waals surface area contributed by atoms with Gasteiger partial charge in [-0.2, -0.15) is 0 Å². The van der Waals surface area contributed by atoms with Gasteiger partial charge in [-0.25, -0.2) is 4.79 Å². The fourth-order valence-electron chi connectivity index (χ4n) is 4.00. The molecule has 2 fully saturated rings. The molecule has 0 atom stereocenters. The number of carbonyl (C=O) groups is 2. The van der Waals surface area contributed by atoms with Crippen LogP contribution in [-0.2, 0) is 11.4 Å². The van der Waals surface area contributed by atoms with Crippen molar-refractivity contribution < 1.29 is 14.3 Å². The highest BCUT2D eigenvalue weighted by molar-refractivity contribution is 5.93. The van der Waals surface area contributed by atoms with Crippen LogP contribution in [0.3, 0.4) is 0 Å². The molecule has 4 rings (SSSR count). The Morgan fingerprint density at radius 2 is 1.80 bits per heavy atom. The van der Waals surface area contributed by atoms with Crippen LogP contribution >= 0.6 is 0 Å². The molecule has 0 spiro atoms. The molecular formula is C23H28N4O3. The second-order valence-electron chi connectivity index (χ2n) is 7.91. The van der Waals surface area contributed by atoms with E-state index in [0.717, 1.165) is 37.2 Å². The van der Waals surface area contributed by atoms with Gasteiger partial charge in [-0.15, -0.1) is 0 Å². The second-order valence-corrected chi connectivity index (χ2v) is 7.91. The molecule has 1 aromatic heterocycles. The van der Waals surface area contributed by atoms with Crippen molar-refractivity contribution in [3.63, 3.8) is 0 Å². The van der Waals surface area contributed by atoms with Crippen molar-refractivity contribution >= 4 is 17.6 Å². The van der Waals surface area contributed by atoms with Gasteiger partial charge in [0.15, 0.2) is 0 Å². The molecule has 0 unspecified atom stereocenters. The lowest BCUT2D eigenvalue weighted by atomic mass is 9.96. The third-order valence-electron chi connectivity index (χ3n) is 5.74. The number of amides is 3. The SMILES string of the molecule is O=C(Nc1cccc(OCc2cccnc2)c1)C1CCN(C(=O)N2CCCC2)CC1. The first kappa shape index (κ1) is 20.2. The van der Waals surface area contributed by atoms with Gasteiger partial charge in [0, 0.05) is 61.8 Å². The predicted molar refractivity (Wildman–Crippen MR) is 114 cm³/mol. The van der Waals surface area contributed by atoms with Crippen LogP contribution in [0, 0.1) is 5.92 Å². The number of benzene rings is 1. The summed E-state index contributed by atoms with van der Waals surface area (Å²) in [5, 5.41) is 3.00. The van der Waals surface area contributed by atoms with Crippen LogP contribution in [0.4, 0.5) is 10.5 Å². The van der Waals surface area contributed by atoms with Crippen molar-refractivity contribution in [2.75, 3.05) is 31.5 Å². The van der Waals surface area contributed by atoms with E-state index in [0.29, 0.717) is 38.3 Å². The van der Waals surface area contributed by atoms with E-state index >= 15 is 0 Å². The zero-order chi connectivity index (χ0) is 20.8. The number of nitrogens with zero attached hydrogens (tertiary/aromatic N) is 3. The molecule has 1 N–H and O–H groups in total. The maximum absolute atomic E-state index is 12.7. The molecule has 0 bridgehead atoms. The Balaban J connectivity index is 1.26. The zero-order valence-electron chi connectivity index (χ0n) is 17.1. The maximum Gasteiger partial charge on any atom is 0.319 e. The first-order valence-electron chi connectivity index (χ1n) is 10.7. The summed E-state index contributed by atoms with van der Waals surface area (Å²) >= 11 is 0. The van der Waals surface area contributed by atoms with Crippen LogP contribution in [0.15, 0.2) is 48.8 Å². The Labute approximate surface area is 177 Å². The number of urea groups is 1. The average Bonchev–Trinajstić information content (AvgIpc) is 3.33. The van der Waals surface area contributed by atoms with Crippen LogP contribution in [0.2, 0.25) is 0 Å². The number of piperidine rings is 1. The van der Waals surface area contributed by atoms with E-state index in [2.05, 4.69) is 10.3 Å². The van der Waals surface area contributed by atoms with E-state index in [-0.39, 0.29) is 17.9 Å². The number of ether oxygens (including phenoxy) is 1. The van der Waals surface area contributed by atoms with Crippen molar-refractivity contribution in [1.29, 1.82) is 0 Å². The molecular weight excluding hydrogens is 380 g/mol. The van der Waals surface area contributed by atoms with Crippen molar-refractivity contribution in [2.24, 2.45) is 5.92 Å². The van der Waals surface area contributed by atoms with Gasteiger partial charge in [0.1, 0.15) is 12.4 Å². The van der Waals surface area contributed by atoms with Gasteiger partial charge >= 0.3 is 6.03 Å². The molecule has 7 nitrogen and oxygen atoms in total. The van der Waals surface area contributed by atoms with Gasteiger partial charge < -0.3 is 19.9 Å². The van der Waals surface area contributed by atoms with Crippen molar-refractivity contribution in [3.8, 4) is 5.75 Å². The summed E-state index contributed by atoms with van der Waals surface area (Å²) in [7, 11) is 0. The van der Waals surface area contributed by atoms with E-state index < -0.39 is 0 Å². The monoisotopic (exact) mass is 408 g/mol. The summed E-state index contributed by atoms with van der Waals surface area (Å²) in [4.78, 5) is 33.1. The number of aromatic nitrogens is 1. The summed E-state index contributed by atoms with van der Waals surface area (Å²) in [6.45, 7) is 3.43. The lowest BCUT2D eigenvalue weighted by Gasteiger charge is -2.34. The molecule has 2 saturated heterocycles. The summed E-state index contributed by atoms with van der Waals surface area (Å²) in [6.07, 6.45) is 7.08. The lowest BCUT2D eigenvalue weighted by molar-refractivity contribution is -0.121. The molecule has 0 aliphatic carbocycles. The number of carbonyl (C=O) groups excluding carboxylic acids is 2. The van der Waals surface area contributed by atoms with E-state index in [9.17, 15) is 9.59 Å². The summed E-state index contributed by atoms with van der Waals surface area (Å²) in [5.41, 5.74) is 1.71. The number of rotatable bonds is 5. The highest BCUT2D eigenvalue weighted by Gasteiger charge is 2.30. The largest absolute Gasteiger partial charge is 0.489 e. The normalized spacial score (nSPS) is 17.1. The topological polar surface area (TPSA) is 74.8 Å². The molecule has 2 aromatic rings. The van der Waals surface area contributed by atoms with Gasteiger partial charge in [-0.3, -0.25) is 9.78 Å².